The highest BCUT2D eigenvalue weighted by Gasteiger charge is 2.32. The molecule has 27 heavy (non-hydrogen) atoms. The van der Waals surface area contributed by atoms with Crippen LogP contribution >= 0.6 is 0 Å². The van der Waals surface area contributed by atoms with Gasteiger partial charge in [-0.25, -0.2) is 0 Å². The van der Waals surface area contributed by atoms with Gasteiger partial charge in [0.2, 0.25) is 5.91 Å². The number of amides is 1. The Morgan fingerprint density at radius 2 is 1.70 bits per heavy atom. The van der Waals surface area contributed by atoms with Gasteiger partial charge < -0.3 is 14.8 Å². The van der Waals surface area contributed by atoms with Crippen LogP contribution in [0.5, 0.6) is 11.5 Å². The van der Waals surface area contributed by atoms with Gasteiger partial charge in [-0.3, -0.25) is 9.69 Å². The molecule has 0 aliphatic rings. The molecule has 0 spiro atoms. The minimum Gasteiger partial charge on any atom is -0.492 e. The summed E-state index contributed by atoms with van der Waals surface area (Å²) in [6, 6.07) is 12.9. The first-order valence-corrected chi connectivity index (χ1v) is 8.32. The molecule has 0 saturated heterocycles. The lowest BCUT2D eigenvalue weighted by molar-refractivity contribution is -0.275. The van der Waals surface area contributed by atoms with Crippen molar-refractivity contribution in [1.29, 1.82) is 0 Å². The minimum absolute atomic E-state index is 0.0131. The van der Waals surface area contributed by atoms with E-state index >= 15 is 0 Å². The largest absolute Gasteiger partial charge is 0.573 e. The van der Waals surface area contributed by atoms with Gasteiger partial charge >= 0.3 is 6.36 Å². The van der Waals surface area contributed by atoms with Crippen molar-refractivity contribution >= 4 is 11.6 Å². The molecule has 8 heteroatoms. The van der Waals surface area contributed by atoms with Crippen LogP contribution in [0.3, 0.4) is 0 Å². The number of anilines is 1. The average molecular weight is 382 g/mol. The van der Waals surface area contributed by atoms with Crippen molar-refractivity contribution in [3.63, 3.8) is 0 Å². The Labute approximate surface area is 155 Å². The van der Waals surface area contributed by atoms with Crippen LogP contribution in [0, 0.1) is 0 Å². The summed E-state index contributed by atoms with van der Waals surface area (Å²) in [5.41, 5.74) is 0.874. The van der Waals surface area contributed by atoms with Crippen LogP contribution < -0.4 is 14.8 Å². The molecule has 0 fully saturated rings. The van der Waals surface area contributed by atoms with Crippen molar-refractivity contribution in [2.75, 3.05) is 25.5 Å². The smallest absolute Gasteiger partial charge is 0.492 e. The highest BCUT2D eigenvalue weighted by molar-refractivity contribution is 5.93. The number of likely N-dealkylation sites (N-methyl/N-ethyl adjacent to an activating group) is 1. The SMILES string of the molecule is CCOc1ccccc1NC(=O)CN(C)Cc1ccccc1OC(F)(F)F. The molecule has 0 atom stereocenters. The summed E-state index contributed by atoms with van der Waals surface area (Å²) < 4.78 is 47.0. The summed E-state index contributed by atoms with van der Waals surface area (Å²) in [5, 5.41) is 2.75. The Kier molecular flexibility index (Phi) is 7.06. The number of ether oxygens (including phenoxy) is 2. The highest BCUT2D eigenvalue weighted by Crippen LogP contribution is 2.27. The number of halogens is 3. The van der Waals surface area contributed by atoms with Crippen LogP contribution in [0.25, 0.3) is 0 Å². The zero-order chi connectivity index (χ0) is 19.9. The Bertz CT molecular complexity index is 766. The number of para-hydroxylation sites is 3. The van der Waals surface area contributed by atoms with Gasteiger partial charge in [-0.1, -0.05) is 30.3 Å². The number of carbonyl (C=O) groups excluding carboxylic acids is 1. The maximum atomic E-state index is 12.5. The quantitative estimate of drug-likeness (QED) is 0.748. The fourth-order valence-corrected chi connectivity index (χ4v) is 2.49. The van der Waals surface area contributed by atoms with Gasteiger partial charge in [-0.2, -0.15) is 0 Å². The van der Waals surface area contributed by atoms with Crippen molar-refractivity contribution in [2.24, 2.45) is 0 Å². The molecule has 0 aromatic heterocycles. The molecule has 2 rings (SSSR count). The number of benzene rings is 2. The van der Waals surface area contributed by atoms with E-state index < -0.39 is 6.36 Å². The maximum absolute atomic E-state index is 12.5. The summed E-state index contributed by atoms with van der Waals surface area (Å²) in [7, 11) is 1.64. The molecule has 1 amide bonds. The standard InChI is InChI=1S/C19H21F3N2O3/c1-3-26-17-11-7-5-9-15(17)23-18(25)13-24(2)12-14-8-4-6-10-16(14)27-19(20,21)22/h4-11H,3,12-13H2,1-2H3,(H,23,25). The second kappa shape index (κ2) is 9.27. The van der Waals surface area contributed by atoms with E-state index in [0.717, 1.165) is 0 Å². The Balaban J connectivity index is 1.98. The highest BCUT2D eigenvalue weighted by atomic mass is 19.4. The van der Waals surface area contributed by atoms with E-state index in [1.165, 1.54) is 18.2 Å². The van der Waals surface area contributed by atoms with Crippen LogP contribution in [-0.4, -0.2) is 37.4 Å². The van der Waals surface area contributed by atoms with Gasteiger partial charge in [-0.05, 0) is 32.2 Å². The second-order valence-electron chi connectivity index (χ2n) is 5.81. The lowest BCUT2D eigenvalue weighted by Crippen LogP contribution is -2.30. The van der Waals surface area contributed by atoms with Crippen LogP contribution in [0.15, 0.2) is 48.5 Å². The van der Waals surface area contributed by atoms with Gasteiger partial charge in [0.05, 0.1) is 18.8 Å². The van der Waals surface area contributed by atoms with E-state index in [1.54, 1.807) is 42.3 Å². The molecule has 0 aliphatic heterocycles. The lowest BCUT2D eigenvalue weighted by atomic mass is 10.2. The molecular formula is C19H21F3N2O3. The normalized spacial score (nSPS) is 11.3. The molecule has 0 aliphatic carbocycles. The van der Waals surface area contributed by atoms with Crippen molar-refractivity contribution in [3.8, 4) is 11.5 Å². The maximum Gasteiger partial charge on any atom is 0.573 e. The number of nitrogens with zero attached hydrogens (tertiary/aromatic N) is 1. The third kappa shape index (κ3) is 6.82. The predicted octanol–water partition coefficient (Wildman–Crippen LogP) is 4.05. The molecule has 0 bridgehead atoms. The van der Waals surface area contributed by atoms with E-state index in [9.17, 15) is 18.0 Å². The first kappa shape index (κ1) is 20.6. The molecule has 2 aromatic carbocycles. The van der Waals surface area contributed by atoms with Gasteiger partial charge in [0.25, 0.3) is 0 Å². The zero-order valence-electron chi connectivity index (χ0n) is 15.0. The van der Waals surface area contributed by atoms with Crippen molar-refractivity contribution in [3.05, 3.63) is 54.1 Å². The monoisotopic (exact) mass is 382 g/mol. The lowest BCUT2D eigenvalue weighted by Gasteiger charge is -2.19. The minimum atomic E-state index is -4.77. The number of nitrogens with one attached hydrogen (secondary N) is 1. The third-order valence-electron chi connectivity index (χ3n) is 3.51. The average Bonchev–Trinajstić information content (AvgIpc) is 2.57. The number of rotatable bonds is 8. The van der Waals surface area contributed by atoms with Crippen LogP contribution in [0.1, 0.15) is 12.5 Å². The molecular weight excluding hydrogens is 361 g/mol. The van der Waals surface area contributed by atoms with Crippen LogP contribution in [-0.2, 0) is 11.3 Å². The Morgan fingerprint density at radius 1 is 1.07 bits per heavy atom. The molecule has 0 unspecified atom stereocenters. The molecule has 0 heterocycles. The summed E-state index contributed by atoms with van der Waals surface area (Å²) >= 11 is 0. The number of hydrogen-bond donors (Lipinski definition) is 1. The molecule has 2 aromatic rings. The van der Waals surface area contributed by atoms with E-state index in [2.05, 4.69) is 10.1 Å². The number of alkyl halides is 3. The Morgan fingerprint density at radius 3 is 2.37 bits per heavy atom. The first-order chi connectivity index (χ1) is 12.8. The fourth-order valence-electron chi connectivity index (χ4n) is 2.49. The van der Waals surface area contributed by atoms with E-state index in [4.69, 9.17) is 4.74 Å². The molecule has 1 N–H and O–H groups in total. The van der Waals surface area contributed by atoms with Crippen LogP contribution in [0.4, 0.5) is 18.9 Å². The third-order valence-corrected chi connectivity index (χ3v) is 3.51. The summed E-state index contributed by atoms with van der Waals surface area (Å²) in [6.07, 6.45) is -4.77. The van der Waals surface area contributed by atoms with Gasteiger partial charge in [0.15, 0.2) is 0 Å². The molecule has 5 nitrogen and oxygen atoms in total. The van der Waals surface area contributed by atoms with Crippen molar-refractivity contribution < 1.29 is 27.4 Å². The summed E-state index contributed by atoms with van der Waals surface area (Å²) in [5.74, 6) is -0.0299. The molecule has 0 saturated carbocycles. The fraction of sp³-hybridized carbons (Fsp3) is 0.316. The predicted molar refractivity (Wildman–Crippen MR) is 95.7 cm³/mol. The van der Waals surface area contributed by atoms with Gasteiger partial charge in [-0.15, -0.1) is 13.2 Å². The molecule has 0 radical (unpaired) electrons. The second-order valence-corrected chi connectivity index (χ2v) is 5.81. The van der Waals surface area contributed by atoms with E-state index in [1.807, 2.05) is 6.92 Å². The molecule has 146 valence electrons. The zero-order valence-corrected chi connectivity index (χ0v) is 15.0. The first-order valence-electron chi connectivity index (χ1n) is 8.32. The number of hydrogen-bond acceptors (Lipinski definition) is 4. The van der Waals surface area contributed by atoms with E-state index in [-0.39, 0.29) is 24.7 Å². The van der Waals surface area contributed by atoms with Gasteiger partial charge in [0.1, 0.15) is 11.5 Å². The van der Waals surface area contributed by atoms with E-state index in [0.29, 0.717) is 23.6 Å². The topological polar surface area (TPSA) is 50.8 Å². The summed E-state index contributed by atoms with van der Waals surface area (Å²) in [4.78, 5) is 13.9. The van der Waals surface area contributed by atoms with Crippen molar-refractivity contribution in [1.82, 2.24) is 4.90 Å². The van der Waals surface area contributed by atoms with Gasteiger partial charge in [0, 0.05) is 12.1 Å². The Hall–Kier alpha value is -2.74. The summed E-state index contributed by atoms with van der Waals surface area (Å²) in [6.45, 7) is 2.41. The number of carbonyl (C=O) groups is 1. The van der Waals surface area contributed by atoms with Crippen LogP contribution in [0.2, 0.25) is 0 Å². The van der Waals surface area contributed by atoms with Crippen molar-refractivity contribution in [2.45, 2.75) is 19.8 Å².